The van der Waals surface area contributed by atoms with E-state index in [1.165, 1.54) is 25.7 Å². The smallest absolute Gasteiger partial charge is 0.241 e. The minimum atomic E-state index is 0.00500. The van der Waals surface area contributed by atoms with E-state index in [1.54, 1.807) is 0 Å². The van der Waals surface area contributed by atoms with Crippen LogP contribution in [0.25, 0.3) is 0 Å². The highest BCUT2D eigenvalue weighted by molar-refractivity contribution is 5.85. The van der Waals surface area contributed by atoms with Crippen molar-refractivity contribution in [3.8, 4) is 0 Å². The van der Waals surface area contributed by atoms with Crippen LogP contribution in [0.5, 0.6) is 0 Å². The highest BCUT2D eigenvalue weighted by Crippen LogP contribution is 2.37. The molecule has 0 aromatic rings. The lowest BCUT2D eigenvalue weighted by Crippen LogP contribution is -2.51. The number of carbonyl (C=O) groups excluding carboxylic acids is 1. The van der Waals surface area contributed by atoms with Crippen LogP contribution in [0.1, 0.15) is 67.2 Å². The molecule has 3 nitrogen and oxygen atoms in total. The van der Waals surface area contributed by atoms with Crippen molar-refractivity contribution in [3.63, 3.8) is 0 Å². The highest BCUT2D eigenvalue weighted by atomic mass is 16.2. The first-order valence-electron chi connectivity index (χ1n) is 8.31. The van der Waals surface area contributed by atoms with Crippen LogP contribution in [-0.2, 0) is 4.79 Å². The Labute approximate surface area is 124 Å². The minimum Gasteiger partial charge on any atom is -0.322 e. The third kappa shape index (κ3) is 2.88. The van der Waals surface area contributed by atoms with Crippen molar-refractivity contribution in [1.29, 1.82) is 0 Å². The second-order valence-corrected chi connectivity index (χ2v) is 8.17. The third-order valence-corrected chi connectivity index (χ3v) is 5.35. The van der Waals surface area contributed by atoms with Crippen LogP contribution in [0.15, 0.2) is 0 Å². The van der Waals surface area contributed by atoms with Crippen molar-refractivity contribution in [2.45, 2.75) is 85.5 Å². The van der Waals surface area contributed by atoms with E-state index in [0.29, 0.717) is 17.7 Å². The summed E-state index contributed by atoms with van der Waals surface area (Å²) in [5.74, 6) is 1.33. The molecule has 1 heterocycles. The van der Waals surface area contributed by atoms with Gasteiger partial charge in [0.1, 0.15) is 0 Å². The molecule has 0 bridgehead atoms. The zero-order valence-corrected chi connectivity index (χ0v) is 14.1. The second-order valence-electron chi connectivity index (χ2n) is 8.17. The van der Waals surface area contributed by atoms with E-state index >= 15 is 0 Å². The van der Waals surface area contributed by atoms with Crippen LogP contribution < -0.4 is 5.32 Å². The summed E-state index contributed by atoms with van der Waals surface area (Å²) in [6, 6.07) is 0.280. The number of nitrogens with one attached hydrogen (secondary N) is 1. The van der Waals surface area contributed by atoms with E-state index in [9.17, 15) is 4.79 Å². The molecule has 1 amide bonds. The average molecular weight is 280 g/mol. The SMILES string of the molecule is CC(C)C1NC(C2CCCC2)N(C(C)C(C)(C)C)C1=O. The normalized spacial score (nSPS) is 30.6. The number of amides is 1. The topological polar surface area (TPSA) is 32.3 Å². The second kappa shape index (κ2) is 5.67. The summed E-state index contributed by atoms with van der Waals surface area (Å²) in [6.07, 6.45) is 5.43. The van der Waals surface area contributed by atoms with Crippen molar-refractivity contribution < 1.29 is 4.79 Å². The Morgan fingerprint density at radius 3 is 2.15 bits per heavy atom. The molecule has 1 saturated carbocycles. The average Bonchev–Trinajstić information content (AvgIpc) is 2.93. The molecular formula is C17H32N2O. The Kier molecular flexibility index (Phi) is 4.48. The number of rotatable bonds is 3. The molecule has 2 rings (SSSR count). The molecule has 0 aromatic heterocycles. The van der Waals surface area contributed by atoms with E-state index in [4.69, 9.17) is 0 Å². The minimum absolute atomic E-state index is 0.00500. The molecule has 1 N–H and O–H groups in total. The maximum absolute atomic E-state index is 12.9. The van der Waals surface area contributed by atoms with E-state index in [1.807, 2.05) is 0 Å². The maximum atomic E-state index is 12.9. The first-order valence-corrected chi connectivity index (χ1v) is 8.31. The van der Waals surface area contributed by atoms with Gasteiger partial charge in [0.25, 0.3) is 0 Å². The van der Waals surface area contributed by atoms with Gasteiger partial charge in [0, 0.05) is 6.04 Å². The zero-order valence-electron chi connectivity index (χ0n) is 14.1. The molecule has 1 saturated heterocycles. The molecule has 3 unspecified atom stereocenters. The third-order valence-electron chi connectivity index (χ3n) is 5.35. The Morgan fingerprint density at radius 1 is 1.15 bits per heavy atom. The van der Waals surface area contributed by atoms with Crippen LogP contribution >= 0.6 is 0 Å². The molecule has 116 valence electrons. The van der Waals surface area contributed by atoms with Gasteiger partial charge in [-0.25, -0.2) is 0 Å². The van der Waals surface area contributed by atoms with Gasteiger partial charge < -0.3 is 4.90 Å². The van der Waals surface area contributed by atoms with Gasteiger partial charge in [-0.2, -0.15) is 0 Å². The fourth-order valence-corrected chi connectivity index (χ4v) is 3.60. The van der Waals surface area contributed by atoms with E-state index in [2.05, 4.69) is 51.8 Å². The molecule has 0 radical (unpaired) electrons. The van der Waals surface area contributed by atoms with Crippen molar-refractivity contribution in [2.24, 2.45) is 17.3 Å². The molecule has 2 fully saturated rings. The Balaban J connectivity index is 2.25. The maximum Gasteiger partial charge on any atom is 0.241 e. The van der Waals surface area contributed by atoms with Gasteiger partial charge in [0.15, 0.2) is 0 Å². The predicted molar refractivity (Wildman–Crippen MR) is 83.3 cm³/mol. The Bertz CT molecular complexity index is 352. The number of hydrogen-bond acceptors (Lipinski definition) is 2. The van der Waals surface area contributed by atoms with Crippen molar-refractivity contribution in [3.05, 3.63) is 0 Å². The molecule has 2 aliphatic rings. The quantitative estimate of drug-likeness (QED) is 0.859. The standard InChI is InChI=1S/C17H32N2O/c1-11(2)14-16(20)19(12(3)17(4,5)6)15(18-14)13-9-7-8-10-13/h11-15,18H,7-10H2,1-6H3. The van der Waals surface area contributed by atoms with E-state index in [0.717, 1.165) is 0 Å². The van der Waals surface area contributed by atoms with Crippen LogP contribution in [0, 0.1) is 17.3 Å². The highest BCUT2D eigenvalue weighted by Gasteiger charge is 2.47. The lowest BCUT2D eigenvalue weighted by Gasteiger charge is -2.40. The molecule has 1 aliphatic heterocycles. The zero-order chi connectivity index (χ0) is 15.1. The molecule has 0 spiro atoms. The number of nitrogens with zero attached hydrogens (tertiary/aromatic N) is 1. The summed E-state index contributed by atoms with van der Waals surface area (Å²) in [7, 11) is 0. The van der Waals surface area contributed by atoms with Gasteiger partial charge in [-0.15, -0.1) is 0 Å². The largest absolute Gasteiger partial charge is 0.322 e. The van der Waals surface area contributed by atoms with E-state index in [-0.39, 0.29) is 23.7 Å². The van der Waals surface area contributed by atoms with Gasteiger partial charge >= 0.3 is 0 Å². The van der Waals surface area contributed by atoms with Crippen molar-refractivity contribution in [1.82, 2.24) is 10.2 Å². The lowest BCUT2D eigenvalue weighted by molar-refractivity contribution is -0.135. The van der Waals surface area contributed by atoms with Crippen LogP contribution in [0.2, 0.25) is 0 Å². The van der Waals surface area contributed by atoms with Crippen LogP contribution in [0.3, 0.4) is 0 Å². The summed E-state index contributed by atoms with van der Waals surface area (Å²) in [5.41, 5.74) is 0.125. The first-order chi connectivity index (χ1) is 9.23. The van der Waals surface area contributed by atoms with Crippen LogP contribution in [0.4, 0.5) is 0 Å². The summed E-state index contributed by atoms with van der Waals surface area (Å²) < 4.78 is 0. The summed E-state index contributed by atoms with van der Waals surface area (Å²) in [4.78, 5) is 15.0. The van der Waals surface area contributed by atoms with Gasteiger partial charge in [-0.05, 0) is 37.0 Å². The molecule has 3 atom stereocenters. The number of carbonyl (C=O) groups is 1. The molecule has 1 aliphatic carbocycles. The fraction of sp³-hybridized carbons (Fsp3) is 0.941. The fourth-order valence-electron chi connectivity index (χ4n) is 3.60. The number of hydrogen-bond donors (Lipinski definition) is 1. The summed E-state index contributed by atoms with van der Waals surface area (Å²) >= 11 is 0. The Hall–Kier alpha value is -0.570. The molecule has 0 aromatic carbocycles. The lowest BCUT2D eigenvalue weighted by atomic mass is 9.85. The predicted octanol–water partition coefficient (Wildman–Crippen LogP) is 3.39. The summed E-state index contributed by atoms with van der Waals surface area (Å²) in [5, 5.41) is 3.66. The monoisotopic (exact) mass is 280 g/mol. The van der Waals surface area contributed by atoms with Crippen LogP contribution in [-0.4, -0.2) is 29.1 Å². The van der Waals surface area contributed by atoms with Gasteiger partial charge in [-0.1, -0.05) is 47.5 Å². The molecule has 20 heavy (non-hydrogen) atoms. The van der Waals surface area contributed by atoms with Crippen molar-refractivity contribution >= 4 is 5.91 Å². The van der Waals surface area contributed by atoms with Crippen molar-refractivity contribution in [2.75, 3.05) is 0 Å². The van der Waals surface area contributed by atoms with Gasteiger partial charge in [0.2, 0.25) is 5.91 Å². The summed E-state index contributed by atoms with van der Waals surface area (Å²) in [6.45, 7) is 13.2. The van der Waals surface area contributed by atoms with Gasteiger partial charge in [-0.3, -0.25) is 10.1 Å². The first kappa shape index (κ1) is 15.8. The molecular weight excluding hydrogens is 248 g/mol. The molecule has 3 heteroatoms. The Morgan fingerprint density at radius 2 is 1.70 bits per heavy atom. The van der Waals surface area contributed by atoms with E-state index < -0.39 is 0 Å². The van der Waals surface area contributed by atoms with Gasteiger partial charge in [0.05, 0.1) is 12.2 Å².